The molecule has 0 bridgehead atoms. The molecule has 0 aliphatic rings. The molecule has 10 aromatic rings. The monoisotopic (exact) mass is 1020 g/mol. The van der Waals surface area contributed by atoms with Crippen LogP contribution in [-0.4, -0.2) is 14.5 Å². The molecule has 0 unspecified atom stereocenters. The number of hydrogen-bond acceptors (Lipinski definition) is 3. The van der Waals surface area contributed by atoms with Gasteiger partial charge in [-0.25, -0.2) is 4.98 Å². The number of ether oxygens (including phenoxy) is 1. The van der Waals surface area contributed by atoms with Crippen molar-refractivity contribution < 1.29 is 25.8 Å². The first-order valence-electron chi connectivity index (χ1n) is 22.0. The van der Waals surface area contributed by atoms with Gasteiger partial charge in [0, 0.05) is 29.4 Å². The first-order chi connectivity index (χ1) is 31.0. The van der Waals surface area contributed by atoms with Crippen LogP contribution < -0.4 is 4.74 Å². The van der Waals surface area contributed by atoms with E-state index in [0.29, 0.717) is 11.5 Å². The summed E-state index contributed by atoms with van der Waals surface area (Å²) < 4.78 is 9.19. The van der Waals surface area contributed by atoms with Gasteiger partial charge in [0.2, 0.25) is 0 Å². The van der Waals surface area contributed by atoms with Crippen LogP contribution in [0.3, 0.4) is 0 Å². The Labute approximate surface area is 396 Å². The fourth-order valence-electron chi connectivity index (χ4n) is 8.66. The van der Waals surface area contributed by atoms with Gasteiger partial charge in [-0.15, -0.1) is 29.1 Å². The molecule has 0 radical (unpaired) electrons. The number of nitrogens with zero attached hydrogens (tertiary/aromatic N) is 3. The average Bonchev–Trinajstić information content (AvgIpc) is 3.65. The molecular formula is C60H49N3OPt. The fraction of sp³-hybridized carbons (Fsp3) is 0.133. The van der Waals surface area contributed by atoms with Gasteiger partial charge in [0.15, 0.2) is 0 Å². The van der Waals surface area contributed by atoms with E-state index in [1.54, 1.807) is 0 Å². The van der Waals surface area contributed by atoms with Crippen LogP contribution in [0.5, 0.6) is 11.5 Å². The van der Waals surface area contributed by atoms with E-state index >= 15 is 0 Å². The second-order valence-electron chi connectivity index (χ2n) is 18.6. The van der Waals surface area contributed by atoms with Crippen LogP contribution in [-0.2, 0) is 31.9 Å². The minimum absolute atomic E-state index is 0. The van der Waals surface area contributed by atoms with Crippen LogP contribution in [0, 0.1) is 12.1 Å². The predicted molar refractivity (Wildman–Crippen MR) is 265 cm³/mol. The summed E-state index contributed by atoms with van der Waals surface area (Å²) in [6.45, 7) is 13.4. The Balaban J connectivity index is 0.00000533. The van der Waals surface area contributed by atoms with Crippen LogP contribution in [0.15, 0.2) is 188 Å². The van der Waals surface area contributed by atoms with E-state index in [1.807, 2.05) is 18.5 Å². The van der Waals surface area contributed by atoms with Crippen molar-refractivity contribution in [3.8, 4) is 73.1 Å². The van der Waals surface area contributed by atoms with Crippen molar-refractivity contribution in [2.24, 2.45) is 0 Å². The Morgan fingerprint density at radius 2 is 1.03 bits per heavy atom. The maximum atomic E-state index is 6.98. The van der Waals surface area contributed by atoms with Gasteiger partial charge in [-0.05, 0) is 108 Å². The second-order valence-corrected chi connectivity index (χ2v) is 18.6. The summed E-state index contributed by atoms with van der Waals surface area (Å²) >= 11 is 0. The van der Waals surface area contributed by atoms with Gasteiger partial charge in [0.1, 0.15) is 5.82 Å². The SMILES string of the molecule is CC(C)(C)c1ccnc(-c2[c-]c(Oc3[c-]c4c(cc3)c3ccccc3n4-c3cc(C(C)(C)C)ccn3)cc(-c3c(-c4ccccc4)cc(-c4ccccc4)cc3-c3ccccc3)c2)c1.[Pt+2]. The minimum Gasteiger partial charge on any atom is -0.503 e. The first kappa shape index (κ1) is 43.4. The zero-order valence-electron chi connectivity index (χ0n) is 37.5. The molecule has 0 aliphatic carbocycles. The first-order valence-corrected chi connectivity index (χ1v) is 22.0. The maximum Gasteiger partial charge on any atom is 2.00 e. The third-order valence-corrected chi connectivity index (χ3v) is 12.1. The number of para-hydroxylation sites is 1. The number of rotatable bonds is 8. The molecule has 7 aromatic carbocycles. The quantitative estimate of drug-likeness (QED) is 0.142. The van der Waals surface area contributed by atoms with Crippen molar-refractivity contribution in [3.63, 3.8) is 0 Å². The van der Waals surface area contributed by atoms with Crippen molar-refractivity contribution in [2.45, 2.75) is 52.4 Å². The zero-order chi connectivity index (χ0) is 44.0. The molecule has 0 saturated heterocycles. The molecule has 320 valence electrons. The number of aromatic nitrogens is 3. The molecule has 0 spiro atoms. The van der Waals surface area contributed by atoms with Crippen molar-refractivity contribution in [2.75, 3.05) is 0 Å². The van der Waals surface area contributed by atoms with E-state index in [2.05, 4.69) is 228 Å². The Bertz CT molecular complexity index is 3250. The van der Waals surface area contributed by atoms with Crippen LogP contribution >= 0.6 is 0 Å². The topological polar surface area (TPSA) is 39.9 Å². The van der Waals surface area contributed by atoms with Gasteiger partial charge in [0.25, 0.3) is 0 Å². The van der Waals surface area contributed by atoms with Crippen molar-refractivity contribution in [3.05, 3.63) is 212 Å². The molecule has 3 aromatic heterocycles. The van der Waals surface area contributed by atoms with E-state index < -0.39 is 0 Å². The van der Waals surface area contributed by atoms with Crippen LogP contribution in [0.1, 0.15) is 52.7 Å². The van der Waals surface area contributed by atoms with Gasteiger partial charge in [-0.2, -0.15) is 6.07 Å². The van der Waals surface area contributed by atoms with E-state index in [0.717, 1.165) is 83.4 Å². The maximum absolute atomic E-state index is 6.98. The Kier molecular flexibility index (Phi) is 11.7. The Morgan fingerprint density at radius 3 is 1.66 bits per heavy atom. The molecular weight excluding hydrogens is 974 g/mol. The molecule has 0 amide bonds. The third kappa shape index (κ3) is 8.72. The molecule has 5 heteroatoms. The molecule has 4 nitrogen and oxygen atoms in total. The Hall–Kier alpha value is -6.87. The minimum atomic E-state index is -0.0764. The van der Waals surface area contributed by atoms with Gasteiger partial charge >= 0.3 is 21.1 Å². The summed E-state index contributed by atoms with van der Waals surface area (Å²) in [7, 11) is 0. The van der Waals surface area contributed by atoms with Gasteiger partial charge < -0.3 is 14.3 Å². The van der Waals surface area contributed by atoms with E-state index in [1.165, 1.54) is 11.1 Å². The molecule has 0 atom stereocenters. The summed E-state index contributed by atoms with van der Waals surface area (Å²) in [6.07, 6.45) is 3.81. The van der Waals surface area contributed by atoms with Gasteiger partial charge in [-0.3, -0.25) is 0 Å². The van der Waals surface area contributed by atoms with Crippen LogP contribution in [0.4, 0.5) is 0 Å². The number of benzene rings is 7. The van der Waals surface area contributed by atoms with Crippen molar-refractivity contribution >= 4 is 21.8 Å². The summed E-state index contributed by atoms with van der Waals surface area (Å²) in [5.41, 5.74) is 14.7. The fourth-order valence-corrected chi connectivity index (χ4v) is 8.66. The molecule has 10 rings (SSSR count). The number of hydrogen-bond donors (Lipinski definition) is 0. The van der Waals surface area contributed by atoms with E-state index in [-0.39, 0.29) is 31.9 Å². The zero-order valence-corrected chi connectivity index (χ0v) is 39.7. The van der Waals surface area contributed by atoms with Crippen molar-refractivity contribution in [1.82, 2.24) is 14.5 Å². The molecule has 0 N–H and O–H groups in total. The second kappa shape index (κ2) is 17.6. The third-order valence-electron chi connectivity index (χ3n) is 12.1. The normalized spacial score (nSPS) is 11.7. The van der Waals surface area contributed by atoms with E-state index in [9.17, 15) is 0 Å². The largest absolute Gasteiger partial charge is 2.00 e. The summed E-state index contributed by atoms with van der Waals surface area (Å²) in [4.78, 5) is 9.86. The molecule has 65 heavy (non-hydrogen) atoms. The standard InChI is InChI=1S/C60H49N3O.Pt/c1-59(2,3)46-28-30-61-54(37-46)44-32-45(58-52(41-20-12-8-13-21-41)35-43(40-18-10-7-11-19-40)36-53(58)42-22-14-9-15-23-42)34-49(33-44)64-48-26-27-51-50-24-16-17-25-55(50)63(56(51)39-48)57-38-47(29-31-62-57)60(4,5)6;/h7-32,34-38H,1-6H3;/q-2;+2. The van der Waals surface area contributed by atoms with E-state index in [4.69, 9.17) is 14.7 Å². The predicted octanol–water partition coefficient (Wildman–Crippen LogP) is 15.9. The summed E-state index contributed by atoms with van der Waals surface area (Å²) in [5, 5.41) is 2.20. The van der Waals surface area contributed by atoms with Crippen molar-refractivity contribution in [1.29, 1.82) is 0 Å². The number of pyridine rings is 2. The summed E-state index contributed by atoms with van der Waals surface area (Å²) in [5.74, 6) is 1.98. The molecule has 0 aliphatic heterocycles. The molecule has 3 heterocycles. The molecule has 0 saturated carbocycles. The van der Waals surface area contributed by atoms with Gasteiger partial charge in [-0.1, -0.05) is 180 Å². The molecule has 0 fully saturated rings. The van der Waals surface area contributed by atoms with Crippen LogP contribution in [0.25, 0.3) is 83.4 Å². The number of fused-ring (bicyclic) bond motifs is 3. The smallest absolute Gasteiger partial charge is 0.503 e. The van der Waals surface area contributed by atoms with Gasteiger partial charge in [0.05, 0.1) is 0 Å². The van der Waals surface area contributed by atoms with Crippen LogP contribution in [0.2, 0.25) is 0 Å². The Morgan fingerprint density at radius 1 is 0.462 bits per heavy atom. The summed E-state index contributed by atoms with van der Waals surface area (Å²) in [6, 6.07) is 69.5. The average molecular weight is 1020 g/mol.